The molecule has 0 unspecified atom stereocenters. The summed E-state index contributed by atoms with van der Waals surface area (Å²) in [5.41, 5.74) is 4.21. The van der Waals surface area contributed by atoms with E-state index in [1.807, 2.05) is 95.3 Å². The van der Waals surface area contributed by atoms with E-state index in [2.05, 4.69) is 4.98 Å². The minimum absolute atomic E-state index is 0.0177. The summed E-state index contributed by atoms with van der Waals surface area (Å²) in [6.07, 6.45) is 2.02. The molecule has 0 radical (unpaired) electrons. The number of carbonyl (C=O) groups excluding carboxylic acids is 2. The predicted octanol–water partition coefficient (Wildman–Crippen LogP) is 7.18. The number of hydrogen-bond donors (Lipinski definition) is 1. The number of aromatic nitrogens is 1. The summed E-state index contributed by atoms with van der Waals surface area (Å²) < 4.78 is 4.86. The highest BCUT2D eigenvalue weighted by atomic mass is 16.5. The zero-order valence-electron chi connectivity index (χ0n) is 23.7. The molecule has 4 rings (SSSR count). The van der Waals surface area contributed by atoms with Crippen LogP contribution < -0.4 is 4.90 Å². The van der Waals surface area contributed by atoms with Gasteiger partial charge in [0.15, 0.2) is 0 Å². The fourth-order valence-corrected chi connectivity index (χ4v) is 4.24. The summed E-state index contributed by atoms with van der Waals surface area (Å²) in [5, 5.41) is 10.9. The average molecular weight is 527 g/mol. The number of nitrogens with zero attached hydrogens (tertiary/aromatic N) is 2. The minimum Gasteiger partial charge on any atom is -0.465 e. The number of rotatable bonds is 7. The van der Waals surface area contributed by atoms with Crippen molar-refractivity contribution in [3.8, 4) is 11.1 Å². The van der Waals surface area contributed by atoms with Crippen molar-refractivity contribution in [3.63, 3.8) is 0 Å². The van der Waals surface area contributed by atoms with E-state index < -0.39 is 5.97 Å². The molecule has 6 heteroatoms. The monoisotopic (exact) mass is 526 g/mol. The minimum atomic E-state index is -0.410. The van der Waals surface area contributed by atoms with Gasteiger partial charge in [0.1, 0.15) is 5.82 Å². The lowest BCUT2D eigenvalue weighted by Crippen LogP contribution is -2.34. The van der Waals surface area contributed by atoms with E-state index in [4.69, 9.17) is 4.74 Å². The molecule has 204 valence electrons. The van der Waals surface area contributed by atoms with E-state index in [0.717, 1.165) is 33.0 Å². The molecule has 3 aromatic carbocycles. The Balaban J connectivity index is 0.00000205. The maximum absolute atomic E-state index is 13.6. The zero-order valence-corrected chi connectivity index (χ0v) is 23.7. The quantitative estimate of drug-likeness (QED) is 0.258. The normalized spacial score (nSPS) is 10.9. The Hall–Kier alpha value is -4.03. The number of methoxy groups -OCH3 is 1. The summed E-state index contributed by atoms with van der Waals surface area (Å²) >= 11 is 0. The lowest BCUT2D eigenvalue weighted by Gasteiger charge is -2.27. The van der Waals surface area contributed by atoms with Gasteiger partial charge in [-0.2, -0.15) is 0 Å². The van der Waals surface area contributed by atoms with E-state index in [0.29, 0.717) is 24.3 Å². The van der Waals surface area contributed by atoms with Crippen molar-refractivity contribution in [3.05, 3.63) is 95.7 Å². The number of ether oxygens (including phenoxy) is 1. The third-order valence-corrected chi connectivity index (χ3v) is 6.17. The average Bonchev–Trinajstić information content (AvgIpc) is 2.95. The van der Waals surface area contributed by atoms with Gasteiger partial charge in [-0.15, -0.1) is 0 Å². The second kappa shape index (κ2) is 13.2. The number of pyridine rings is 1. The van der Waals surface area contributed by atoms with Crippen molar-refractivity contribution in [2.75, 3.05) is 12.0 Å². The molecule has 0 fully saturated rings. The first-order chi connectivity index (χ1) is 18.7. The second-order valence-corrected chi connectivity index (χ2v) is 10.3. The van der Waals surface area contributed by atoms with E-state index in [1.165, 1.54) is 7.11 Å². The van der Waals surface area contributed by atoms with Gasteiger partial charge in [-0.3, -0.25) is 9.69 Å². The molecule has 0 spiro atoms. The van der Waals surface area contributed by atoms with Gasteiger partial charge in [-0.25, -0.2) is 9.78 Å². The summed E-state index contributed by atoms with van der Waals surface area (Å²) in [5.74, 6) is 0.132. The van der Waals surface area contributed by atoms with E-state index in [9.17, 15) is 14.7 Å². The molecule has 0 atom stereocenters. The Morgan fingerprint density at radius 1 is 0.872 bits per heavy atom. The first-order valence-corrected chi connectivity index (χ1v) is 13.2. The second-order valence-electron chi connectivity index (χ2n) is 10.3. The van der Waals surface area contributed by atoms with Crippen LogP contribution in [0.15, 0.2) is 79.0 Å². The summed E-state index contributed by atoms with van der Waals surface area (Å²) in [6, 6.07) is 23.0. The summed E-state index contributed by atoms with van der Waals surface area (Å²) in [4.78, 5) is 31.9. The van der Waals surface area contributed by atoms with Gasteiger partial charge in [0.2, 0.25) is 5.91 Å². The van der Waals surface area contributed by atoms with Crippen LogP contribution in [-0.4, -0.2) is 29.1 Å². The Labute approximate surface area is 231 Å². The van der Waals surface area contributed by atoms with Crippen molar-refractivity contribution in [2.45, 2.75) is 54.2 Å². The van der Waals surface area contributed by atoms with Crippen molar-refractivity contribution >= 4 is 28.5 Å². The number of fused-ring (bicyclic) bond motifs is 1. The van der Waals surface area contributed by atoms with Gasteiger partial charge in [-0.1, -0.05) is 83.1 Å². The third-order valence-electron chi connectivity index (χ3n) is 6.17. The highest BCUT2D eigenvalue weighted by molar-refractivity contribution is 6.04. The van der Waals surface area contributed by atoms with E-state index in [1.54, 1.807) is 23.2 Å². The molecular weight excluding hydrogens is 488 g/mol. The number of anilines is 1. The molecule has 0 bridgehead atoms. The molecule has 1 amide bonds. The van der Waals surface area contributed by atoms with Crippen LogP contribution in [0, 0.1) is 5.41 Å². The van der Waals surface area contributed by atoms with Gasteiger partial charge >= 0.3 is 5.97 Å². The molecule has 1 aromatic heterocycles. The Bertz CT molecular complexity index is 1400. The fourth-order valence-electron chi connectivity index (χ4n) is 4.24. The van der Waals surface area contributed by atoms with E-state index >= 15 is 0 Å². The Kier molecular flexibility index (Phi) is 9.96. The molecule has 0 aliphatic heterocycles. The third kappa shape index (κ3) is 7.52. The van der Waals surface area contributed by atoms with Crippen molar-refractivity contribution in [2.24, 2.45) is 5.41 Å². The number of amides is 1. The number of hydrogen-bond acceptors (Lipinski definition) is 5. The molecule has 6 nitrogen and oxygen atoms in total. The number of carbonyl (C=O) groups is 2. The van der Waals surface area contributed by atoms with Crippen LogP contribution >= 0.6 is 0 Å². The van der Waals surface area contributed by atoms with Gasteiger partial charge in [0.25, 0.3) is 0 Å². The largest absolute Gasteiger partial charge is 0.465 e. The predicted molar refractivity (Wildman–Crippen MR) is 157 cm³/mol. The maximum atomic E-state index is 13.6. The van der Waals surface area contributed by atoms with Crippen molar-refractivity contribution in [1.29, 1.82) is 0 Å². The molecule has 0 saturated carbocycles. The number of esters is 1. The molecule has 0 saturated heterocycles. The van der Waals surface area contributed by atoms with Gasteiger partial charge in [0, 0.05) is 18.0 Å². The molecule has 39 heavy (non-hydrogen) atoms. The van der Waals surface area contributed by atoms with Crippen LogP contribution in [0.2, 0.25) is 0 Å². The number of aliphatic hydroxyl groups excluding tert-OH is 1. The lowest BCUT2D eigenvalue weighted by atomic mass is 9.91. The lowest BCUT2D eigenvalue weighted by molar-refractivity contribution is -0.120. The molecule has 0 aliphatic carbocycles. The van der Waals surface area contributed by atoms with Gasteiger partial charge in [0.05, 0.1) is 25.8 Å². The first kappa shape index (κ1) is 29.5. The van der Waals surface area contributed by atoms with E-state index in [-0.39, 0.29) is 17.9 Å². The van der Waals surface area contributed by atoms with Gasteiger partial charge < -0.3 is 9.84 Å². The van der Waals surface area contributed by atoms with Crippen LogP contribution in [-0.2, 0) is 22.7 Å². The van der Waals surface area contributed by atoms with Gasteiger partial charge in [-0.05, 0) is 57.3 Å². The fraction of sp³-hybridized carbons (Fsp3) is 0.303. The van der Waals surface area contributed by atoms with Crippen LogP contribution in [0.1, 0.15) is 62.5 Å². The molecular formula is C33H38N2O4. The number of aliphatic hydroxyl groups is 1. The van der Waals surface area contributed by atoms with Crippen molar-refractivity contribution in [1.82, 2.24) is 4.98 Å². The summed E-state index contributed by atoms with van der Waals surface area (Å²) in [7, 11) is 1.35. The Morgan fingerprint density at radius 2 is 1.46 bits per heavy atom. The first-order valence-electron chi connectivity index (χ1n) is 13.2. The molecule has 1 N–H and O–H groups in total. The Morgan fingerprint density at radius 3 is 2.00 bits per heavy atom. The zero-order chi connectivity index (χ0) is 28.6. The maximum Gasteiger partial charge on any atom is 0.337 e. The molecule has 1 heterocycles. The summed E-state index contributed by atoms with van der Waals surface area (Å²) in [6.45, 7) is 10.5. The van der Waals surface area contributed by atoms with Crippen LogP contribution in [0.25, 0.3) is 21.9 Å². The van der Waals surface area contributed by atoms with Crippen molar-refractivity contribution < 1.29 is 19.4 Å². The smallest absolute Gasteiger partial charge is 0.337 e. The molecule has 0 aliphatic rings. The highest BCUT2D eigenvalue weighted by Crippen LogP contribution is 2.30. The highest BCUT2D eigenvalue weighted by Gasteiger charge is 2.25. The SMILES string of the molecule is CC.COC(=O)c1ccc2c(N(Cc3ccc(-c4ccc(CO)cc4)cc3)C(=O)CC(C)(C)C)nccc2c1. The van der Waals surface area contributed by atoms with Crippen LogP contribution in [0.5, 0.6) is 0 Å². The topological polar surface area (TPSA) is 79.7 Å². The number of benzene rings is 3. The van der Waals surface area contributed by atoms with Crippen LogP contribution in [0.4, 0.5) is 5.82 Å². The van der Waals surface area contributed by atoms with Crippen LogP contribution in [0.3, 0.4) is 0 Å². The standard InChI is InChI=1S/C31H32N2O4.C2H6/c1-31(2,3)18-28(35)33(29-27-14-13-26(30(36)37-4)17-25(27)15-16-32-29)19-21-5-9-23(10-6-21)24-11-7-22(20-34)8-12-24;1-2/h5-17,34H,18-20H2,1-4H3;1-2H3. The molecule has 4 aromatic rings.